The molecule has 2 aromatic carbocycles. The lowest BCUT2D eigenvalue weighted by Crippen LogP contribution is -2.41. The maximum Gasteiger partial charge on any atom is 0.408 e. The van der Waals surface area contributed by atoms with Gasteiger partial charge in [0.25, 0.3) is 0 Å². The molecular formula is C25H31F3O2Si. The minimum absolute atomic E-state index is 0.0163. The van der Waals surface area contributed by atoms with E-state index in [-0.39, 0.29) is 12.2 Å². The van der Waals surface area contributed by atoms with Crippen LogP contribution in [0.15, 0.2) is 65.9 Å². The molecule has 0 N–H and O–H groups in total. The minimum Gasteiger partial charge on any atom is -0.497 e. The molecule has 0 bridgehead atoms. The van der Waals surface area contributed by atoms with E-state index in [1.807, 2.05) is 26.8 Å². The van der Waals surface area contributed by atoms with E-state index in [4.69, 9.17) is 4.74 Å². The Labute approximate surface area is 184 Å². The summed E-state index contributed by atoms with van der Waals surface area (Å²) in [4.78, 5) is 12.9. The molecule has 0 radical (unpaired) electrons. The molecule has 168 valence electrons. The van der Waals surface area contributed by atoms with E-state index in [0.29, 0.717) is 35.0 Å². The molecule has 2 rings (SSSR count). The first kappa shape index (κ1) is 24.9. The summed E-state index contributed by atoms with van der Waals surface area (Å²) in [6, 6.07) is 17.2. The molecule has 0 aliphatic carbocycles. The smallest absolute Gasteiger partial charge is 0.408 e. The number of benzene rings is 2. The number of ketones is 1. The second-order valence-electron chi connectivity index (χ2n) is 7.79. The molecule has 2 nitrogen and oxygen atoms in total. The van der Waals surface area contributed by atoms with E-state index in [2.05, 4.69) is 0 Å². The lowest BCUT2D eigenvalue weighted by Gasteiger charge is -2.33. The Hall–Kier alpha value is -2.34. The van der Waals surface area contributed by atoms with E-state index in [9.17, 15) is 18.0 Å². The summed E-state index contributed by atoms with van der Waals surface area (Å²) in [7, 11) is -1.19. The molecular weight excluding hydrogens is 417 g/mol. The number of hydrogen-bond donors (Lipinski definition) is 0. The van der Waals surface area contributed by atoms with Crippen LogP contribution in [-0.4, -0.2) is 27.1 Å². The zero-order valence-electron chi connectivity index (χ0n) is 18.6. The Morgan fingerprint density at radius 2 is 1.52 bits per heavy atom. The molecule has 0 saturated carbocycles. The second kappa shape index (κ2) is 10.8. The predicted octanol–water partition coefficient (Wildman–Crippen LogP) is 7.59. The van der Waals surface area contributed by atoms with Crippen LogP contribution in [0.3, 0.4) is 0 Å². The van der Waals surface area contributed by atoms with Gasteiger partial charge in [0.15, 0.2) is 5.78 Å². The first-order valence-electron chi connectivity index (χ1n) is 10.7. The topological polar surface area (TPSA) is 26.3 Å². The highest BCUT2D eigenvalue weighted by Crippen LogP contribution is 2.42. The molecule has 0 amide bonds. The van der Waals surface area contributed by atoms with Gasteiger partial charge in [-0.05, 0) is 17.7 Å². The molecule has 1 unspecified atom stereocenters. The quantitative estimate of drug-likeness (QED) is 0.276. The van der Waals surface area contributed by atoms with Crippen LogP contribution in [0.1, 0.15) is 49.0 Å². The standard InChI is InChI=1S/C25H31F3O2Si/c1-5-31(6-2,7-3)24(25(26,27)28)18-21(19-13-15-22(30-4)16-14-19)17-23(29)20-11-9-8-10-12-20/h8-16,18,21H,5-7,17H2,1-4H3/b24-18-. The third-order valence-corrected chi connectivity index (χ3v) is 12.0. The molecule has 0 aliphatic heterocycles. The number of methoxy groups -OCH3 is 1. The van der Waals surface area contributed by atoms with Crippen molar-refractivity contribution >= 4 is 13.9 Å². The molecule has 31 heavy (non-hydrogen) atoms. The van der Waals surface area contributed by atoms with Crippen LogP contribution in [0.25, 0.3) is 0 Å². The Kier molecular flexibility index (Phi) is 8.68. The average Bonchev–Trinajstić information content (AvgIpc) is 2.79. The lowest BCUT2D eigenvalue weighted by molar-refractivity contribution is -0.0862. The fraction of sp³-hybridized carbons (Fsp3) is 0.400. The van der Waals surface area contributed by atoms with Crippen LogP contribution in [0.2, 0.25) is 18.1 Å². The molecule has 1 atom stereocenters. The largest absolute Gasteiger partial charge is 0.497 e. The summed E-state index contributed by atoms with van der Waals surface area (Å²) < 4.78 is 48.1. The fourth-order valence-electron chi connectivity index (χ4n) is 4.16. The van der Waals surface area contributed by atoms with Gasteiger partial charge in [0.1, 0.15) is 5.75 Å². The highest BCUT2D eigenvalue weighted by Gasteiger charge is 2.47. The molecule has 0 saturated heterocycles. The van der Waals surface area contributed by atoms with Crippen LogP contribution in [0, 0.1) is 0 Å². The number of ether oxygens (including phenoxy) is 1. The maximum atomic E-state index is 14.3. The third-order valence-electron chi connectivity index (χ3n) is 6.32. The van der Waals surface area contributed by atoms with Gasteiger partial charge in [-0.2, -0.15) is 13.2 Å². The van der Waals surface area contributed by atoms with Gasteiger partial charge in [0.2, 0.25) is 0 Å². The van der Waals surface area contributed by atoms with Crippen molar-refractivity contribution in [2.75, 3.05) is 7.11 Å². The van der Waals surface area contributed by atoms with Crippen molar-refractivity contribution in [3.8, 4) is 5.75 Å². The summed E-state index contributed by atoms with van der Waals surface area (Å²) in [5.41, 5.74) is 1.19. The first-order valence-corrected chi connectivity index (χ1v) is 13.3. The van der Waals surface area contributed by atoms with E-state index in [1.54, 1.807) is 48.5 Å². The summed E-state index contributed by atoms with van der Waals surface area (Å²) in [5.74, 6) is -0.209. The molecule has 0 fully saturated rings. The Bertz CT molecular complexity index is 862. The maximum absolute atomic E-state index is 14.3. The van der Waals surface area contributed by atoms with Crippen molar-refractivity contribution in [2.45, 2.75) is 57.4 Å². The Morgan fingerprint density at radius 1 is 0.968 bits per heavy atom. The lowest BCUT2D eigenvalue weighted by atomic mass is 9.91. The molecule has 0 aliphatic rings. The van der Waals surface area contributed by atoms with E-state index >= 15 is 0 Å². The van der Waals surface area contributed by atoms with Crippen molar-refractivity contribution in [3.63, 3.8) is 0 Å². The van der Waals surface area contributed by atoms with Crippen molar-refractivity contribution in [3.05, 3.63) is 77.0 Å². The highest BCUT2D eigenvalue weighted by molar-refractivity contribution is 6.86. The van der Waals surface area contributed by atoms with Crippen LogP contribution in [-0.2, 0) is 0 Å². The Morgan fingerprint density at radius 3 is 1.97 bits per heavy atom. The van der Waals surface area contributed by atoms with Crippen LogP contribution in [0.4, 0.5) is 13.2 Å². The zero-order valence-corrected chi connectivity index (χ0v) is 19.6. The predicted molar refractivity (Wildman–Crippen MR) is 122 cm³/mol. The first-order chi connectivity index (χ1) is 14.7. The van der Waals surface area contributed by atoms with E-state index in [0.717, 1.165) is 0 Å². The number of carbonyl (C=O) groups is 1. The normalized spacial score (nSPS) is 13.7. The van der Waals surface area contributed by atoms with E-state index in [1.165, 1.54) is 13.2 Å². The number of allylic oxidation sites excluding steroid dienone is 2. The number of halogens is 3. The summed E-state index contributed by atoms with van der Waals surface area (Å²) >= 11 is 0. The van der Waals surface area contributed by atoms with Crippen LogP contribution in [0.5, 0.6) is 5.75 Å². The number of carbonyl (C=O) groups excluding carboxylic acids is 1. The van der Waals surface area contributed by atoms with Gasteiger partial charge in [-0.1, -0.05) is 87.4 Å². The molecule has 0 spiro atoms. The molecule has 0 heterocycles. The third kappa shape index (κ3) is 6.09. The molecule has 6 heteroatoms. The summed E-state index contributed by atoms with van der Waals surface area (Å²) in [6.07, 6.45) is -3.07. The second-order valence-corrected chi connectivity index (χ2v) is 13.0. The number of Topliss-reactive ketones (excluding diaryl/α,β-unsaturated/α-hetero) is 1. The van der Waals surface area contributed by atoms with Gasteiger partial charge in [-0.15, -0.1) is 0 Å². The van der Waals surface area contributed by atoms with Gasteiger partial charge in [0, 0.05) is 23.1 Å². The van der Waals surface area contributed by atoms with Crippen molar-refractivity contribution < 1.29 is 22.7 Å². The van der Waals surface area contributed by atoms with Crippen LogP contribution < -0.4 is 4.74 Å². The van der Waals surface area contributed by atoms with Gasteiger partial charge < -0.3 is 4.74 Å². The number of alkyl halides is 3. The van der Waals surface area contributed by atoms with Gasteiger partial charge in [0.05, 0.1) is 15.2 Å². The van der Waals surface area contributed by atoms with Crippen molar-refractivity contribution in [2.24, 2.45) is 0 Å². The van der Waals surface area contributed by atoms with Crippen LogP contribution >= 0.6 is 0 Å². The number of rotatable bonds is 10. The van der Waals surface area contributed by atoms with Crippen molar-refractivity contribution in [1.29, 1.82) is 0 Å². The van der Waals surface area contributed by atoms with Gasteiger partial charge in [-0.25, -0.2) is 0 Å². The number of hydrogen-bond acceptors (Lipinski definition) is 2. The van der Waals surface area contributed by atoms with Crippen molar-refractivity contribution in [1.82, 2.24) is 0 Å². The fourth-order valence-corrected chi connectivity index (χ4v) is 7.96. The zero-order chi connectivity index (χ0) is 23.1. The van der Waals surface area contributed by atoms with E-state index < -0.39 is 25.4 Å². The monoisotopic (exact) mass is 448 g/mol. The Balaban J connectivity index is 2.58. The van der Waals surface area contributed by atoms with Gasteiger partial charge >= 0.3 is 6.18 Å². The summed E-state index contributed by atoms with van der Waals surface area (Å²) in [5, 5.41) is -0.394. The molecule has 0 aromatic heterocycles. The highest BCUT2D eigenvalue weighted by atomic mass is 28.3. The SMILES string of the molecule is CC[Si](CC)(CC)/C(=C\C(CC(=O)c1ccccc1)c1ccc(OC)cc1)C(F)(F)F. The average molecular weight is 449 g/mol. The molecule has 2 aromatic rings. The summed E-state index contributed by atoms with van der Waals surface area (Å²) in [6.45, 7) is 5.57. The minimum atomic E-state index is -4.41. The van der Waals surface area contributed by atoms with Gasteiger partial charge in [-0.3, -0.25) is 4.79 Å².